The lowest BCUT2D eigenvalue weighted by atomic mass is 9.99. The van der Waals surface area contributed by atoms with Crippen LogP contribution >= 0.6 is 11.3 Å². The summed E-state index contributed by atoms with van der Waals surface area (Å²) in [6.07, 6.45) is 2.06. The third-order valence-corrected chi connectivity index (χ3v) is 5.13. The lowest BCUT2D eigenvalue weighted by Gasteiger charge is -2.17. The number of nitrogens with one attached hydrogen (secondary N) is 1. The summed E-state index contributed by atoms with van der Waals surface area (Å²) in [5.41, 5.74) is 2.09. The van der Waals surface area contributed by atoms with Gasteiger partial charge >= 0.3 is 0 Å². The molecule has 0 radical (unpaired) electrons. The molecular weight excluding hydrogens is 327 g/mol. The summed E-state index contributed by atoms with van der Waals surface area (Å²) in [6.45, 7) is 0. The number of anilines is 1. The average Bonchev–Trinajstić information content (AvgIpc) is 2.83. The molecule has 0 spiro atoms. The number of rotatable bonds is 3. The minimum Gasteiger partial charge on any atom is -0.326 e. The average molecular weight is 340 g/mol. The van der Waals surface area contributed by atoms with Gasteiger partial charge in [0.1, 0.15) is 16.6 Å². The van der Waals surface area contributed by atoms with Crippen molar-refractivity contribution in [3.63, 3.8) is 0 Å². The second kappa shape index (κ2) is 5.44. The molecule has 1 aliphatic rings. The van der Waals surface area contributed by atoms with Gasteiger partial charge in [0.05, 0.1) is 5.69 Å². The molecule has 0 aliphatic carbocycles. The van der Waals surface area contributed by atoms with E-state index in [4.69, 9.17) is 0 Å². The Morgan fingerprint density at radius 3 is 2.86 bits per heavy atom. The molecule has 0 atom stereocenters. The number of hydrogen-bond acceptors (Lipinski definition) is 5. The number of carbonyl (C=O) groups excluding carboxylic acids is 1. The molecule has 1 amide bonds. The number of aromatic nitrogens is 1. The molecule has 1 N–H and O–H groups in total. The van der Waals surface area contributed by atoms with Crippen molar-refractivity contribution in [3.8, 4) is 11.3 Å². The van der Waals surface area contributed by atoms with Gasteiger partial charge in [-0.05, 0) is 24.1 Å². The number of halogens is 1. The summed E-state index contributed by atoms with van der Waals surface area (Å²) in [6, 6.07) is 2.96. The zero-order valence-electron chi connectivity index (χ0n) is 11.7. The van der Waals surface area contributed by atoms with Crippen molar-refractivity contribution in [2.45, 2.75) is 18.6 Å². The van der Waals surface area contributed by atoms with Crippen LogP contribution in [0.2, 0.25) is 0 Å². The number of hydrogen-bond donors (Lipinski definition) is 1. The van der Waals surface area contributed by atoms with Gasteiger partial charge < -0.3 is 5.32 Å². The van der Waals surface area contributed by atoms with Gasteiger partial charge in [0.2, 0.25) is 5.91 Å². The number of fused-ring (bicyclic) bond motifs is 1. The maximum Gasteiger partial charge on any atom is 0.224 e. The van der Waals surface area contributed by atoms with Gasteiger partial charge in [0.15, 0.2) is 9.84 Å². The zero-order chi connectivity index (χ0) is 15.9. The van der Waals surface area contributed by atoms with E-state index in [0.29, 0.717) is 34.8 Å². The molecule has 116 valence electrons. The zero-order valence-corrected chi connectivity index (χ0v) is 13.4. The second-order valence-electron chi connectivity index (χ2n) is 5.23. The Morgan fingerprint density at radius 1 is 1.36 bits per heavy atom. The lowest BCUT2D eigenvalue weighted by molar-refractivity contribution is -0.116. The smallest absolute Gasteiger partial charge is 0.224 e. The maximum absolute atomic E-state index is 14.2. The van der Waals surface area contributed by atoms with Gasteiger partial charge in [-0.1, -0.05) is 0 Å². The largest absolute Gasteiger partial charge is 0.326 e. The van der Waals surface area contributed by atoms with Crippen LogP contribution < -0.4 is 5.32 Å². The molecule has 0 unspecified atom stereocenters. The summed E-state index contributed by atoms with van der Waals surface area (Å²) in [5.74, 6) is -0.763. The predicted molar refractivity (Wildman–Crippen MR) is 83.0 cm³/mol. The topological polar surface area (TPSA) is 76.1 Å². The highest BCUT2D eigenvalue weighted by atomic mass is 32.2. The quantitative estimate of drug-likeness (QED) is 0.931. The summed E-state index contributed by atoms with van der Waals surface area (Å²) in [4.78, 5) is 15.5. The van der Waals surface area contributed by atoms with E-state index in [1.54, 1.807) is 11.4 Å². The number of sulfone groups is 1. The Balaban J connectivity index is 1.97. The van der Waals surface area contributed by atoms with Crippen molar-refractivity contribution in [2.75, 3.05) is 11.6 Å². The number of aryl methyl sites for hydroxylation is 1. The van der Waals surface area contributed by atoms with Crippen LogP contribution in [-0.4, -0.2) is 25.6 Å². The van der Waals surface area contributed by atoms with Crippen LogP contribution in [0.15, 0.2) is 17.5 Å². The van der Waals surface area contributed by atoms with E-state index >= 15 is 0 Å². The number of amides is 1. The van der Waals surface area contributed by atoms with Crippen molar-refractivity contribution in [2.24, 2.45) is 0 Å². The van der Waals surface area contributed by atoms with E-state index < -0.39 is 15.7 Å². The van der Waals surface area contributed by atoms with E-state index in [-0.39, 0.29) is 11.7 Å². The summed E-state index contributed by atoms with van der Waals surface area (Å²) in [5, 5.41) is 4.72. The van der Waals surface area contributed by atoms with Crippen molar-refractivity contribution >= 4 is 32.8 Å². The van der Waals surface area contributed by atoms with Crippen LogP contribution in [0.4, 0.5) is 10.1 Å². The van der Waals surface area contributed by atoms with E-state index in [9.17, 15) is 17.6 Å². The van der Waals surface area contributed by atoms with Gasteiger partial charge in [0, 0.05) is 29.3 Å². The molecule has 2 aromatic rings. The molecule has 0 fully saturated rings. The normalized spacial score (nSPS) is 14.5. The Morgan fingerprint density at radius 2 is 2.14 bits per heavy atom. The number of carbonyl (C=O) groups is 1. The molecule has 3 rings (SSSR count). The van der Waals surface area contributed by atoms with Crippen LogP contribution in [0.3, 0.4) is 0 Å². The molecule has 0 saturated heterocycles. The summed E-state index contributed by atoms with van der Waals surface area (Å²) in [7, 11) is -3.17. The van der Waals surface area contributed by atoms with Gasteiger partial charge in [0.25, 0.3) is 0 Å². The number of benzene rings is 1. The molecule has 1 aliphatic heterocycles. The van der Waals surface area contributed by atoms with Crippen LogP contribution in [0.25, 0.3) is 11.3 Å². The molecule has 0 bridgehead atoms. The number of nitrogens with zero attached hydrogens (tertiary/aromatic N) is 1. The lowest BCUT2D eigenvalue weighted by Crippen LogP contribution is -2.19. The standard InChI is InChI=1S/C14H13FN2O3S2/c1-22(19,20)7-14-17-12(6-21-14)9-4-8-2-3-13(18)16-11(8)5-10(9)15/h4-6H,2-3,7H2,1H3,(H,16,18). The highest BCUT2D eigenvalue weighted by molar-refractivity contribution is 7.90. The summed E-state index contributed by atoms with van der Waals surface area (Å²) >= 11 is 1.19. The van der Waals surface area contributed by atoms with Crippen LogP contribution in [0.5, 0.6) is 0 Å². The fraction of sp³-hybridized carbons (Fsp3) is 0.286. The molecule has 0 saturated carbocycles. The SMILES string of the molecule is CS(=O)(=O)Cc1nc(-c2cc3c(cc2F)NC(=O)CC3)cs1. The third kappa shape index (κ3) is 3.17. The van der Waals surface area contributed by atoms with Crippen molar-refractivity contribution in [3.05, 3.63) is 33.9 Å². The first-order chi connectivity index (χ1) is 10.3. The molecule has 5 nitrogen and oxygen atoms in total. The van der Waals surface area contributed by atoms with E-state index in [1.807, 2.05) is 0 Å². The third-order valence-electron chi connectivity index (χ3n) is 3.30. The first-order valence-corrected chi connectivity index (χ1v) is 9.50. The second-order valence-corrected chi connectivity index (χ2v) is 8.32. The molecule has 2 heterocycles. The van der Waals surface area contributed by atoms with Crippen molar-refractivity contribution in [1.29, 1.82) is 0 Å². The Hall–Kier alpha value is -1.80. The van der Waals surface area contributed by atoms with Crippen molar-refractivity contribution < 1.29 is 17.6 Å². The fourth-order valence-corrected chi connectivity index (χ4v) is 4.33. The van der Waals surface area contributed by atoms with E-state index in [0.717, 1.165) is 11.8 Å². The van der Waals surface area contributed by atoms with E-state index in [2.05, 4.69) is 10.3 Å². The molecular formula is C14H13FN2O3S2. The minimum atomic E-state index is -3.17. The number of thiazole rings is 1. The summed E-state index contributed by atoms with van der Waals surface area (Å²) < 4.78 is 36.8. The van der Waals surface area contributed by atoms with Gasteiger partial charge in [-0.25, -0.2) is 17.8 Å². The Labute approximate surface area is 131 Å². The molecule has 1 aromatic carbocycles. The highest BCUT2D eigenvalue weighted by Gasteiger charge is 2.19. The van der Waals surface area contributed by atoms with Gasteiger partial charge in [-0.15, -0.1) is 11.3 Å². The maximum atomic E-state index is 14.2. The molecule has 22 heavy (non-hydrogen) atoms. The van der Waals surface area contributed by atoms with E-state index in [1.165, 1.54) is 17.4 Å². The molecule has 8 heteroatoms. The Kier molecular flexibility index (Phi) is 3.73. The first kappa shape index (κ1) is 15.1. The molecule has 1 aromatic heterocycles. The monoisotopic (exact) mass is 340 g/mol. The van der Waals surface area contributed by atoms with Crippen LogP contribution in [-0.2, 0) is 26.8 Å². The minimum absolute atomic E-state index is 0.122. The van der Waals surface area contributed by atoms with Crippen molar-refractivity contribution in [1.82, 2.24) is 4.98 Å². The van der Waals surface area contributed by atoms with Crippen LogP contribution in [0.1, 0.15) is 17.0 Å². The first-order valence-electron chi connectivity index (χ1n) is 6.56. The van der Waals surface area contributed by atoms with Crippen LogP contribution in [0, 0.1) is 5.82 Å². The van der Waals surface area contributed by atoms with Gasteiger partial charge in [-0.3, -0.25) is 4.79 Å². The fourth-order valence-electron chi connectivity index (χ4n) is 2.32. The predicted octanol–water partition coefficient (Wildman–Crippen LogP) is 2.38. The Bertz CT molecular complexity index is 859. The van der Waals surface area contributed by atoms with Gasteiger partial charge in [-0.2, -0.15) is 0 Å². The highest BCUT2D eigenvalue weighted by Crippen LogP contribution is 2.32.